The van der Waals surface area contributed by atoms with Gasteiger partial charge in [-0.1, -0.05) is 36.4 Å². The molecule has 4 heteroatoms. The Morgan fingerprint density at radius 1 is 1.18 bits per heavy atom. The summed E-state index contributed by atoms with van der Waals surface area (Å²) in [4.78, 5) is 0. The largest absolute Gasteiger partial charge is 0.324 e. The zero-order valence-electron chi connectivity index (χ0n) is 12.4. The van der Waals surface area contributed by atoms with Gasteiger partial charge in [-0.3, -0.25) is 4.68 Å². The molecule has 1 atom stereocenters. The van der Waals surface area contributed by atoms with Gasteiger partial charge in [0.1, 0.15) is 5.82 Å². The second kappa shape index (κ2) is 6.12. The number of aromatic nitrogens is 2. The smallest absolute Gasteiger partial charge is 0.131 e. The van der Waals surface area contributed by atoms with Crippen molar-refractivity contribution >= 4 is 0 Å². The molecule has 3 nitrogen and oxygen atoms in total. The van der Waals surface area contributed by atoms with E-state index in [2.05, 4.69) is 5.10 Å². The molecule has 1 aromatic heterocycles. The highest BCUT2D eigenvalue weighted by molar-refractivity contribution is 5.63. The fraction of sp³-hybridized carbons (Fsp3) is 0.167. The molecule has 0 aliphatic heterocycles. The van der Waals surface area contributed by atoms with Crippen LogP contribution in [0.25, 0.3) is 11.1 Å². The molecule has 1 heterocycles. The summed E-state index contributed by atoms with van der Waals surface area (Å²) in [5.41, 5.74) is 9.24. The average Bonchev–Trinajstić information content (AvgIpc) is 2.97. The third-order valence-electron chi connectivity index (χ3n) is 3.65. The Kier molecular flexibility index (Phi) is 4.02. The summed E-state index contributed by atoms with van der Waals surface area (Å²) in [6.45, 7) is 2.55. The predicted octanol–water partition coefficient (Wildman–Crippen LogP) is 3.76. The Hall–Kier alpha value is -2.46. The summed E-state index contributed by atoms with van der Waals surface area (Å²) in [6, 6.07) is 14.9. The molecule has 0 amide bonds. The molecule has 2 aromatic carbocycles. The van der Waals surface area contributed by atoms with E-state index >= 15 is 0 Å². The first-order chi connectivity index (χ1) is 10.6. The minimum atomic E-state index is -0.260. The van der Waals surface area contributed by atoms with E-state index in [1.165, 1.54) is 6.07 Å². The maximum Gasteiger partial charge on any atom is 0.131 e. The van der Waals surface area contributed by atoms with Crippen molar-refractivity contribution in [2.24, 2.45) is 5.73 Å². The summed E-state index contributed by atoms with van der Waals surface area (Å²) in [7, 11) is 0. The van der Waals surface area contributed by atoms with E-state index in [4.69, 9.17) is 5.73 Å². The Balaban J connectivity index is 1.89. The number of rotatable bonds is 4. The van der Waals surface area contributed by atoms with E-state index in [0.717, 1.165) is 16.7 Å². The number of hydrogen-bond acceptors (Lipinski definition) is 2. The van der Waals surface area contributed by atoms with Crippen LogP contribution in [0.4, 0.5) is 4.39 Å². The van der Waals surface area contributed by atoms with E-state index in [-0.39, 0.29) is 11.9 Å². The molecule has 2 N–H and O–H groups in total. The van der Waals surface area contributed by atoms with Gasteiger partial charge < -0.3 is 5.73 Å². The van der Waals surface area contributed by atoms with Crippen LogP contribution < -0.4 is 5.73 Å². The van der Waals surface area contributed by atoms with Crippen LogP contribution >= 0.6 is 0 Å². The van der Waals surface area contributed by atoms with Gasteiger partial charge in [-0.05, 0) is 30.2 Å². The highest BCUT2D eigenvalue weighted by atomic mass is 19.1. The fourth-order valence-corrected chi connectivity index (χ4v) is 2.41. The lowest BCUT2D eigenvalue weighted by Crippen LogP contribution is -2.05. The molecule has 0 spiro atoms. The highest BCUT2D eigenvalue weighted by Crippen LogP contribution is 2.25. The lowest BCUT2D eigenvalue weighted by atomic mass is 10.0. The van der Waals surface area contributed by atoms with Crippen LogP contribution in [0.3, 0.4) is 0 Å². The molecule has 0 radical (unpaired) electrons. The molecule has 0 aliphatic carbocycles. The first-order valence-electron chi connectivity index (χ1n) is 7.25. The van der Waals surface area contributed by atoms with E-state index in [1.54, 1.807) is 18.3 Å². The normalized spacial score (nSPS) is 12.3. The van der Waals surface area contributed by atoms with Crippen molar-refractivity contribution in [3.05, 3.63) is 77.9 Å². The zero-order valence-corrected chi connectivity index (χ0v) is 12.4. The molecule has 112 valence electrons. The molecular formula is C18H18FN3. The molecule has 3 aromatic rings. The summed E-state index contributed by atoms with van der Waals surface area (Å²) in [5.74, 6) is -0.260. The van der Waals surface area contributed by atoms with E-state index in [1.807, 2.05) is 48.1 Å². The molecule has 0 fully saturated rings. The number of halogens is 1. The van der Waals surface area contributed by atoms with Gasteiger partial charge in [0.15, 0.2) is 0 Å². The van der Waals surface area contributed by atoms with Gasteiger partial charge in [0.2, 0.25) is 0 Å². The predicted molar refractivity (Wildman–Crippen MR) is 85.8 cm³/mol. The van der Waals surface area contributed by atoms with Crippen molar-refractivity contribution in [3.63, 3.8) is 0 Å². The minimum absolute atomic E-state index is 0.126. The van der Waals surface area contributed by atoms with Crippen LogP contribution in [0, 0.1) is 5.82 Å². The van der Waals surface area contributed by atoms with Crippen LogP contribution in [0.1, 0.15) is 24.1 Å². The van der Waals surface area contributed by atoms with Gasteiger partial charge in [0.05, 0.1) is 12.7 Å². The monoisotopic (exact) mass is 295 g/mol. The molecule has 0 saturated heterocycles. The van der Waals surface area contributed by atoms with Crippen LogP contribution in [0.15, 0.2) is 60.9 Å². The van der Waals surface area contributed by atoms with Crippen molar-refractivity contribution in [1.29, 1.82) is 0 Å². The maximum absolute atomic E-state index is 14.1. The summed E-state index contributed by atoms with van der Waals surface area (Å²) in [6.07, 6.45) is 3.54. The molecule has 0 saturated carbocycles. The Morgan fingerprint density at radius 2 is 1.95 bits per heavy atom. The first-order valence-corrected chi connectivity index (χ1v) is 7.25. The SMILES string of the molecule is CC(N)c1ccc(F)c(-c2cnn(Cc3ccccc3)c2)c1. The number of nitrogens with zero attached hydrogens (tertiary/aromatic N) is 2. The lowest BCUT2D eigenvalue weighted by Gasteiger charge is -2.08. The fourth-order valence-electron chi connectivity index (χ4n) is 2.41. The second-order valence-electron chi connectivity index (χ2n) is 5.44. The van der Waals surface area contributed by atoms with Gasteiger partial charge in [0, 0.05) is 23.4 Å². The Bertz CT molecular complexity index is 763. The number of hydrogen-bond donors (Lipinski definition) is 1. The Morgan fingerprint density at radius 3 is 2.68 bits per heavy atom. The van der Waals surface area contributed by atoms with Gasteiger partial charge in [-0.15, -0.1) is 0 Å². The molecule has 0 aliphatic rings. The summed E-state index contributed by atoms with van der Waals surface area (Å²) >= 11 is 0. The van der Waals surface area contributed by atoms with E-state index in [0.29, 0.717) is 12.1 Å². The number of benzene rings is 2. The van der Waals surface area contributed by atoms with E-state index in [9.17, 15) is 4.39 Å². The summed E-state index contributed by atoms with van der Waals surface area (Å²) < 4.78 is 15.9. The van der Waals surface area contributed by atoms with Crippen molar-refractivity contribution in [3.8, 4) is 11.1 Å². The van der Waals surface area contributed by atoms with E-state index < -0.39 is 0 Å². The standard InChI is InChI=1S/C18H18FN3/c1-13(20)15-7-8-18(19)17(9-15)16-10-21-22(12-16)11-14-5-3-2-4-6-14/h2-10,12-13H,11,20H2,1H3. The van der Waals surface area contributed by atoms with Gasteiger partial charge in [-0.2, -0.15) is 5.10 Å². The molecule has 1 unspecified atom stereocenters. The highest BCUT2D eigenvalue weighted by Gasteiger charge is 2.10. The zero-order chi connectivity index (χ0) is 15.5. The number of nitrogens with two attached hydrogens (primary N) is 1. The van der Waals surface area contributed by atoms with Crippen LogP contribution in [0.2, 0.25) is 0 Å². The van der Waals surface area contributed by atoms with Crippen molar-refractivity contribution < 1.29 is 4.39 Å². The van der Waals surface area contributed by atoms with Gasteiger partial charge in [-0.25, -0.2) is 4.39 Å². The van der Waals surface area contributed by atoms with Crippen LogP contribution in [-0.2, 0) is 6.54 Å². The first kappa shape index (κ1) is 14.5. The van der Waals surface area contributed by atoms with Gasteiger partial charge >= 0.3 is 0 Å². The third-order valence-corrected chi connectivity index (χ3v) is 3.65. The van der Waals surface area contributed by atoms with Gasteiger partial charge in [0.25, 0.3) is 0 Å². The van der Waals surface area contributed by atoms with Crippen molar-refractivity contribution in [1.82, 2.24) is 9.78 Å². The molecule has 22 heavy (non-hydrogen) atoms. The van der Waals surface area contributed by atoms with Crippen LogP contribution in [0.5, 0.6) is 0 Å². The molecular weight excluding hydrogens is 277 g/mol. The van der Waals surface area contributed by atoms with Crippen LogP contribution in [-0.4, -0.2) is 9.78 Å². The Labute approximate surface area is 129 Å². The molecule has 3 rings (SSSR count). The lowest BCUT2D eigenvalue weighted by molar-refractivity contribution is 0.629. The summed E-state index contributed by atoms with van der Waals surface area (Å²) in [5, 5.41) is 4.32. The van der Waals surface area contributed by atoms with Crippen molar-refractivity contribution in [2.75, 3.05) is 0 Å². The third kappa shape index (κ3) is 3.07. The quantitative estimate of drug-likeness (QED) is 0.796. The minimum Gasteiger partial charge on any atom is -0.324 e. The maximum atomic E-state index is 14.1. The van der Waals surface area contributed by atoms with Crippen molar-refractivity contribution in [2.45, 2.75) is 19.5 Å². The second-order valence-corrected chi connectivity index (χ2v) is 5.44. The average molecular weight is 295 g/mol. The molecule has 0 bridgehead atoms. The topological polar surface area (TPSA) is 43.8 Å².